The number of nitrogens with zero attached hydrogens (tertiary/aromatic N) is 2. The van der Waals surface area contributed by atoms with Gasteiger partial charge < -0.3 is 26.4 Å². The molecule has 1 aromatic carbocycles. The fourth-order valence-electron chi connectivity index (χ4n) is 4.80. The van der Waals surface area contributed by atoms with Gasteiger partial charge in [-0.1, -0.05) is 57.9 Å². The zero-order valence-corrected chi connectivity index (χ0v) is 24.4. The van der Waals surface area contributed by atoms with Crippen LogP contribution in [-0.2, 0) is 20.9 Å². The SMILES string of the molecule is Cc1ncsc1-c1ccc(CNC(=O)C2CC(O)CN2C(=O)[C@@H](NC(=O)CCCCCCN)C(C)(C)C)cc1. The van der Waals surface area contributed by atoms with Crippen molar-refractivity contribution in [1.82, 2.24) is 20.5 Å². The smallest absolute Gasteiger partial charge is 0.246 e. The topological polar surface area (TPSA) is 138 Å². The zero-order chi connectivity index (χ0) is 28.6. The van der Waals surface area contributed by atoms with E-state index < -0.39 is 23.6 Å². The lowest BCUT2D eigenvalue weighted by molar-refractivity contribution is -0.144. The Labute approximate surface area is 235 Å². The Kier molecular flexibility index (Phi) is 11.0. The fourth-order valence-corrected chi connectivity index (χ4v) is 5.61. The number of nitrogens with one attached hydrogen (secondary N) is 2. The lowest BCUT2D eigenvalue weighted by Crippen LogP contribution is -2.57. The van der Waals surface area contributed by atoms with E-state index >= 15 is 0 Å². The van der Waals surface area contributed by atoms with Crippen LogP contribution in [0.5, 0.6) is 0 Å². The van der Waals surface area contributed by atoms with Crippen LogP contribution in [0.25, 0.3) is 10.4 Å². The highest BCUT2D eigenvalue weighted by Gasteiger charge is 2.44. The van der Waals surface area contributed by atoms with Gasteiger partial charge in [0.25, 0.3) is 0 Å². The highest BCUT2D eigenvalue weighted by molar-refractivity contribution is 7.13. The number of hydrogen-bond donors (Lipinski definition) is 4. The van der Waals surface area contributed by atoms with Crippen molar-refractivity contribution in [2.75, 3.05) is 13.1 Å². The molecule has 39 heavy (non-hydrogen) atoms. The van der Waals surface area contributed by atoms with Gasteiger partial charge in [-0.05, 0) is 42.9 Å². The van der Waals surface area contributed by atoms with E-state index in [9.17, 15) is 19.5 Å². The molecule has 3 amide bonds. The fraction of sp³-hybridized carbons (Fsp3) is 0.586. The monoisotopic (exact) mass is 557 g/mol. The number of thiazole rings is 1. The van der Waals surface area contributed by atoms with Gasteiger partial charge in [-0.2, -0.15) is 0 Å². The van der Waals surface area contributed by atoms with E-state index in [2.05, 4.69) is 15.6 Å². The molecule has 10 heteroatoms. The average molecular weight is 558 g/mol. The molecule has 5 N–H and O–H groups in total. The second-order valence-corrected chi connectivity index (χ2v) is 12.3. The summed E-state index contributed by atoms with van der Waals surface area (Å²) in [5, 5.41) is 16.2. The minimum absolute atomic E-state index is 0.0569. The number of aliphatic hydroxyl groups is 1. The molecular weight excluding hydrogens is 514 g/mol. The number of benzene rings is 1. The molecule has 0 saturated carbocycles. The first-order valence-electron chi connectivity index (χ1n) is 13.8. The van der Waals surface area contributed by atoms with Crippen LogP contribution in [0.3, 0.4) is 0 Å². The minimum Gasteiger partial charge on any atom is -0.391 e. The molecule has 9 nitrogen and oxygen atoms in total. The Balaban J connectivity index is 1.61. The molecule has 1 aromatic heterocycles. The lowest BCUT2D eigenvalue weighted by atomic mass is 9.85. The van der Waals surface area contributed by atoms with Gasteiger partial charge in [0.15, 0.2) is 0 Å². The van der Waals surface area contributed by atoms with Crippen molar-refractivity contribution in [2.24, 2.45) is 11.1 Å². The number of aromatic nitrogens is 1. The van der Waals surface area contributed by atoms with Gasteiger partial charge in [0, 0.05) is 25.9 Å². The molecule has 0 bridgehead atoms. The maximum atomic E-state index is 13.7. The standard InChI is InChI=1S/C29H43N5O4S/c1-19-25(39-18-32-19)21-12-10-20(11-13-21)16-31-27(37)23-15-22(35)17-34(23)28(38)26(29(2,3)4)33-24(36)9-7-5-6-8-14-30/h10-13,18,22-23,26,35H,5-9,14-17,30H2,1-4H3,(H,31,37)(H,33,36)/t22?,23?,26-/m1/s1. The van der Waals surface area contributed by atoms with Crippen molar-refractivity contribution in [2.45, 2.75) is 91.0 Å². The van der Waals surface area contributed by atoms with Crippen molar-refractivity contribution >= 4 is 29.1 Å². The highest BCUT2D eigenvalue weighted by atomic mass is 32.1. The van der Waals surface area contributed by atoms with Crippen LogP contribution >= 0.6 is 11.3 Å². The summed E-state index contributed by atoms with van der Waals surface area (Å²) in [4.78, 5) is 46.3. The first-order valence-corrected chi connectivity index (χ1v) is 14.6. The molecule has 214 valence electrons. The Morgan fingerprint density at radius 1 is 1.15 bits per heavy atom. The number of nitrogens with two attached hydrogens (primary N) is 1. The summed E-state index contributed by atoms with van der Waals surface area (Å²) in [6.45, 7) is 8.63. The number of aliphatic hydroxyl groups excluding tert-OH is 1. The number of aryl methyl sites for hydroxylation is 1. The van der Waals surface area contributed by atoms with Crippen LogP contribution < -0.4 is 16.4 Å². The second kappa shape index (κ2) is 14.0. The normalized spacial score (nSPS) is 18.2. The molecular formula is C29H43N5O4S. The summed E-state index contributed by atoms with van der Waals surface area (Å²) >= 11 is 1.59. The van der Waals surface area contributed by atoms with E-state index in [1.54, 1.807) is 11.3 Å². The van der Waals surface area contributed by atoms with Gasteiger partial charge in [-0.3, -0.25) is 14.4 Å². The summed E-state index contributed by atoms with van der Waals surface area (Å²) in [6, 6.07) is 6.32. The van der Waals surface area contributed by atoms with Gasteiger partial charge in [0.1, 0.15) is 12.1 Å². The van der Waals surface area contributed by atoms with E-state index in [1.165, 1.54) is 4.90 Å². The van der Waals surface area contributed by atoms with Crippen molar-refractivity contribution < 1.29 is 19.5 Å². The summed E-state index contributed by atoms with van der Waals surface area (Å²) in [5.74, 6) is -0.852. The predicted octanol–water partition coefficient (Wildman–Crippen LogP) is 3.14. The van der Waals surface area contributed by atoms with E-state index in [0.29, 0.717) is 19.5 Å². The molecule has 3 atom stereocenters. The summed E-state index contributed by atoms with van der Waals surface area (Å²) in [6.07, 6.45) is 3.24. The van der Waals surface area contributed by atoms with Crippen molar-refractivity contribution in [3.63, 3.8) is 0 Å². The first kappa shape index (κ1) is 30.7. The Bertz CT molecular complexity index is 1110. The van der Waals surface area contributed by atoms with Gasteiger partial charge >= 0.3 is 0 Å². The summed E-state index contributed by atoms with van der Waals surface area (Å²) in [5.41, 5.74) is 9.76. The molecule has 2 aromatic rings. The third-order valence-corrected chi connectivity index (χ3v) is 8.05. The molecule has 1 saturated heterocycles. The van der Waals surface area contributed by atoms with Crippen LogP contribution in [0, 0.1) is 12.3 Å². The lowest BCUT2D eigenvalue weighted by Gasteiger charge is -2.35. The molecule has 0 radical (unpaired) electrons. The average Bonchev–Trinajstić information content (AvgIpc) is 3.50. The maximum Gasteiger partial charge on any atom is 0.246 e. The molecule has 1 aliphatic rings. The van der Waals surface area contributed by atoms with Crippen molar-refractivity contribution in [1.29, 1.82) is 0 Å². The van der Waals surface area contributed by atoms with Gasteiger partial charge in [-0.25, -0.2) is 4.98 Å². The predicted molar refractivity (Wildman–Crippen MR) is 154 cm³/mol. The molecule has 3 rings (SSSR count). The quantitative estimate of drug-likeness (QED) is 0.296. The largest absolute Gasteiger partial charge is 0.391 e. The van der Waals surface area contributed by atoms with E-state index in [-0.39, 0.29) is 30.7 Å². The van der Waals surface area contributed by atoms with Crippen LogP contribution in [0.4, 0.5) is 0 Å². The van der Waals surface area contributed by atoms with E-state index in [4.69, 9.17) is 5.73 Å². The van der Waals surface area contributed by atoms with E-state index in [1.807, 2.05) is 57.5 Å². The summed E-state index contributed by atoms with van der Waals surface area (Å²) < 4.78 is 0. The van der Waals surface area contributed by atoms with E-state index in [0.717, 1.165) is 47.4 Å². The maximum absolute atomic E-state index is 13.7. The third kappa shape index (κ3) is 8.58. The molecule has 0 aliphatic carbocycles. The first-order chi connectivity index (χ1) is 18.5. The molecule has 1 fully saturated rings. The summed E-state index contributed by atoms with van der Waals surface area (Å²) in [7, 11) is 0. The number of likely N-dealkylation sites (tertiary alicyclic amines) is 1. The number of amides is 3. The minimum atomic E-state index is -0.808. The number of unbranched alkanes of at least 4 members (excludes halogenated alkanes) is 3. The highest BCUT2D eigenvalue weighted by Crippen LogP contribution is 2.28. The van der Waals surface area contributed by atoms with Crippen molar-refractivity contribution in [3.8, 4) is 10.4 Å². The Morgan fingerprint density at radius 2 is 1.85 bits per heavy atom. The van der Waals surface area contributed by atoms with Crippen LogP contribution in [0.1, 0.15) is 70.6 Å². The Hall–Kier alpha value is -2.82. The Morgan fingerprint density at radius 3 is 2.46 bits per heavy atom. The van der Waals surface area contributed by atoms with Gasteiger partial charge in [0.05, 0.1) is 22.2 Å². The second-order valence-electron chi connectivity index (χ2n) is 11.4. The number of hydrogen-bond acceptors (Lipinski definition) is 7. The van der Waals surface area contributed by atoms with Crippen LogP contribution in [0.2, 0.25) is 0 Å². The van der Waals surface area contributed by atoms with Gasteiger partial charge in [-0.15, -0.1) is 11.3 Å². The number of carbonyl (C=O) groups excluding carboxylic acids is 3. The number of β-amino-alcohol motifs (C(OH)–C–C–N with tert-alkyl or cyclic N) is 1. The van der Waals surface area contributed by atoms with Gasteiger partial charge in [0.2, 0.25) is 17.7 Å². The molecule has 1 aliphatic heterocycles. The van der Waals surface area contributed by atoms with Crippen LogP contribution in [-0.4, -0.2) is 64.0 Å². The van der Waals surface area contributed by atoms with Crippen LogP contribution in [0.15, 0.2) is 29.8 Å². The number of rotatable bonds is 12. The zero-order valence-electron chi connectivity index (χ0n) is 23.5. The van der Waals surface area contributed by atoms with Crippen molar-refractivity contribution in [3.05, 3.63) is 41.0 Å². The molecule has 0 spiro atoms. The number of carbonyl (C=O) groups is 3. The molecule has 2 unspecified atom stereocenters. The molecule has 2 heterocycles. The third-order valence-electron chi connectivity index (χ3n) is 7.07.